The molecule has 0 saturated carbocycles. The van der Waals surface area contributed by atoms with Gasteiger partial charge in [-0.05, 0) is 116 Å². The molecule has 4 aromatic heterocycles. The van der Waals surface area contributed by atoms with Crippen molar-refractivity contribution in [2.45, 2.75) is 155 Å². The van der Waals surface area contributed by atoms with Crippen LogP contribution >= 0.6 is 22.7 Å². The molecule has 0 aliphatic heterocycles. The van der Waals surface area contributed by atoms with E-state index in [1.54, 1.807) is 0 Å². The summed E-state index contributed by atoms with van der Waals surface area (Å²) in [5, 5.41) is 15.6. The van der Waals surface area contributed by atoms with Gasteiger partial charge in [-0.1, -0.05) is 166 Å². The Morgan fingerprint density at radius 3 is 1.00 bits per heavy atom. The van der Waals surface area contributed by atoms with E-state index in [9.17, 15) is 0 Å². The minimum atomic E-state index is 1.20. The topological polar surface area (TPSA) is 9.86 Å². The molecule has 0 fully saturated rings. The number of hydrogen-bond acceptors (Lipinski definition) is 2. The van der Waals surface area contributed by atoms with Crippen LogP contribution in [0.25, 0.3) is 75.3 Å². The summed E-state index contributed by atoms with van der Waals surface area (Å²) in [6.07, 6.45) is 30.2. The maximum atomic E-state index is 2.46. The number of unbranched alkanes of at least 4 members (excludes halogenated alkanes) is 18. The Morgan fingerprint density at radius 2 is 0.650 bits per heavy atom. The zero-order valence-corrected chi connectivity index (χ0v) is 39.0. The minimum absolute atomic E-state index is 1.20. The molecule has 0 aliphatic rings. The van der Waals surface area contributed by atoms with Gasteiger partial charge in [-0.3, -0.25) is 0 Å². The Hall–Kier alpha value is -3.86. The normalized spacial score (nSPS) is 12.1. The SMILES string of the molecule is CCCCCCCCCCCCc1csc(-c2cc3c4ccc5c(ccc6c5ccc5c6cc(-c6cc(CCCCCCCCCCCC)cs6)n5C)c4ccc3n2C)c1. The Bertz CT molecular complexity index is 2440. The molecule has 0 atom stereocenters. The number of fused-ring (bicyclic) bond motifs is 9. The molecule has 0 bridgehead atoms. The van der Waals surface area contributed by atoms with Gasteiger partial charge in [0.25, 0.3) is 0 Å². The molecule has 0 N–H and O–H groups in total. The molecule has 8 aromatic rings. The highest BCUT2D eigenvalue weighted by atomic mass is 32.1. The van der Waals surface area contributed by atoms with Crippen molar-refractivity contribution in [3.05, 3.63) is 94.7 Å². The lowest BCUT2D eigenvalue weighted by atomic mass is 9.94. The van der Waals surface area contributed by atoms with Crippen molar-refractivity contribution in [3.63, 3.8) is 0 Å². The van der Waals surface area contributed by atoms with Gasteiger partial charge in [0.05, 0.1) is 21.1 Å². The zero-order valence-electron chi connectivity index (χ0n) is 37.4. The lowest BCUT2D eigenvalue weighted by molar-refractivity contribution is 0.556. The van der Waals surface area contributed by atoms with E-state index in [2.05, 4.69) is 121 Å². The van der Waals surface area contributed by atoms with Crippen LogP contribution in [0.2, 0.25) is 0 Å². The molecule has 4 heteroatoms. The van der Waals surface area contributed by atoms with E-state index in [0.29, 0.717) is 0 Å². The number of aromatic nitrogens is 2. The van der Waals surface area contributed by atoms with Gasteiger partial charge in [0.1, 0.15) is 0 Å². The summed E-state index contributed by atoms with van der Waals surface area (Å²) >= 11 is 3.82. The van der Waals surface area contributed by atoms with Crippen LogP contribution in [0.4, 0.5) is 0 Å². The van der Waals surface area contributed by atoms with Crippen molar-refractivity contribution in [2.75, 3.05) is 0 Å². The molecule has 0 unspecified atom stereocenters. The molecule has 4 heterocycles. The summed E-state index contributed by atoms with van der Waals surface area (Å²) in [5.41, 5.74) is 8.27. The lowest BCUT2D eigenvalue weighted by Crippen LogP contribution is -1.90. The second kappa shape index (κ2) is 20.8. The monoisotopic (exact) mass is 834 g/mol. The van der Waals surface area contributed by atoms with Gasteiger partial charge in [0.15, 0.2) is 0 Å². The first-order chi connectivity index (χ1) is 29.6. The molecule has 0 aliphatic carbocycles. The Balaban J connectivity index is 0.945. The summed E-state index contributed by atoms with van der Waals surface area (Å²) in [4.78, 5) is 2.77. The molecular formula is C56H70N2S2. The molecule has 0 saturated heterocycles. The van der Waals surface area contributed by atoms with Crippen LogP contribution in [-0.2, 0) is 26.9 Å². The van der Waals surface area contributed by atoms with E-state index >= 15 is 0 Å². The maximum absolute atomic E-state index is 2.46. The van der Waals surface area contributed by atoms with Gasteiger partial charge in [-0.2, -0.15) is 0 Å². The first-order valence-electron chi connectivity index (χ1n) is 24.1. The van der Waals surface area contributed by atoms with E-state index in [0.717, 1.165) is 0 Å². The second-order valence-corrected chi connectivity index (χ2v) is 19.9. The summed E-state index contributed by atoms with van der Waals surface area (Å²) in [5.74, 6) is 0. The van der Waals surface area contributed by atoms with Crippen LogP contribution in [0.1, 0.15) is 153 Å². The fraction of sp³-hybridized carbons (Fsp3) is 0.464. The molecule has 4 aromatic carbocycles. The van der Waals surface area contributed by atoms with Gasteiger partial charge >= 0.3 is 0 Å². The fourth-order valence-electron chi connectivity index (χ4n) is 10.1. The number of aryl methyl sites for hydroxylation is 4. The van der Waals surface area contributed by atoms with Crippen molar-refractivity contribution < 1.29 is 0 Å². The van der Waals surface area contributed by atoms with Gasteiger partial charge in [0, 0.05) is 35.9 Å². The summed E-state index contributed by atoms with van der Waals surface area (Å²) in [6, 6.07) is 28.8. The van der Waals surface area contributed by atoms with E-state index in [4.69, 9.17) is 0 Å². The van der Waals surface area contributed by atoms with Crippen LogP contribution < -0.4 is 0 Å². The van der Waals surface area contributed by atoms with Crippen LogP contribution in [0.15, 0.2) is 83.6 Å². The Morgan fingerprint density at radius 1 is 0.350 bits per heavy atom. The third kappa shape index (κ3) is 9.61. The van der Waals surface area contributed by atoms with E-state index in [1.807, 2.05) is 22.7 Å². The highest BCUT2D eigenvalue weighted by Gasteiger charge is 2.17. The quantitative estimate of drug-likeness (QED) is 0.0424. The summed E-state index contributed by atoms with van der Waals surface area (Å²) < 4.78 is 4.82. The predicted molar refractivity (Wildman–Crippen MR) is 270 cm³/mol. The Kier molecular flexibility index (Phi) is 14.8. The smallest absolute Gasteiger partial charge is 0.0590 e. The van der Waals surface area contributed by atoms with Gasteiger partial charge in [-0.25, -0.2) is 0 Å². The van der Waals surface area contributed by atoms with E-state index in [1.165, 1.54) is 228 Å². The van der Waals surface area contributed by atoms with Crippen molar-refractivity contribution in [3.8, 4) is 21.1 Å². The average Bonchev–Trinajstić information content (AvgIpc) is 4.08. The second-order valence-electron chi connectivity index (χ2n) is 18.1. The van der Waals surface area contributed by atoms with Crippen molar-refractivity contribution in [1.82, 2.24) is 9.13 Å². The van der Waals surface area contributed by atoms with Gasteiger partial charge in [-0.15, -0.1) is 22.7 Å². The third-order valence-corrected chi connectivity index (χ3v) is 15.7. The van der Waals surface area contributed by atoms with Crippen molar-refractivity contribution in [2.24, 2.45) is 14.1 Å². The first kappa shape index (κ1) is 42.8. The molecule has 316 valence electrons. The molecule has 0 amide bonds. The average molecular weight is 835 g/mol. The highest BCUT2D eigenvalue weighted by molar-refractivity contribution is 7.14. The van der Waals surface area contributed by atoms with Crippen LogP contribution in [-0.4, -0.2) is 9.13 Å². The van der Waals surface area contributed by atoms with E-state index in [-0.39, 0.29) is 0 Å². The van der Waals surface area contributed by atoms with Crippen LogP contribution in [0.5, 0.6) is 0 Å². The largest absolute Gasteiger partial charge is 0.343 e. The Labute approximate surface area is 369 Å². The maximum Gasteiger partial charge on any atom is 0.0590 e. The number of thiophene rings is 2. The van der Waals surface area contributed by atoms with Crippen LogP contribution in [0.3, 0.4) is 0 Å². The molecule has 0 spiro atoms. The molecular weight excluding hydrogens is 765 g/mol. The van der Waals surface area contributed by atoms with Crippen LogP contribution in [0, 0.1) is 0 Å². The summed E-state index contributed by atoms with van der Waals surface area (Å²) in [6.45, 7) is 4.60. The number of nitrogens with zero attached hydrogens (tertiary/aromatic N) is 2. The minimum Gasteiger partial charge on any atom is -0.343 e. The highest BCUT2D eigenvalue weighted by Crippen LogP contribution is 2.41. The van der Waals surface area contributed by atoms with E-state index < -0.39 is 0 Å². The predicted octanol–water partition coefficient (Wildman–Crippen LogP) is 18.5. The van der Waals surface area contributed by atoms with Gasteiger partial charge < -0.3 is 9.13 Å². The number of benzene rings is 4. The van der Waals surface area contributed by atoms with Gasteiger partial charge in [0.2, 0.25) is 0 Å². The molecule has 8 rings (SSSR count). The summed E-state index contributed by atoms with van der Waals surface area (Å²) in [7, 11) is 4.49. The number of rotatable bonds is 24. The zero-order chi connectivity index (χ0) is 41.3. The molecule has 2 nitrogen and oxygen atoms in total. The first-order valence-corrected chi connectivity index (χ1v) is 25.8. The van der Waals surface area contributed by atoms with Crippen molar-refractivity contribution in [1.29, 1.82) is 0 Å². The third-order valence-electron chi connectivity index (χ3n) is 13.7. The fourth-order valence-corrected chi connectivity index (χ4v) is 12.1. The molecule has 0 radical (unpaired) electrons. The van der Waals surface area contributed by atoms with Crippen molar-refractivity contribution >= 4 is 76.8 Å². The lowest BCUT2D eigenvalue weighted by Gasteiger charge is -2.10. The number of hydrogen-bond donors (Lipinski definition) is 0. The molecule has 60 heavy (non-hydrogen) atoms. The standard InChI is InChI=1S/C56H70N2S2/c1-5-7-9-11-13-15-17-19-21-23-25-41-35-55(59-39-41)53-37-49-47-29-27-44-43(45(47)31-33-51(49)57(53)3)28-30-48-46(44)32-34-52-50(48)38-54(58(52)4)56-36-42(40-60-56)26-24-22-20-18-16-14-12-10-8-6-2/h27-40H,5-26H2,1-4H3.